The van der Waals surface area contributed by atoms with Crippen molar-refractivity contribution in [1.82, 2.24) is 14.7 Å². The lowest BCUT2D eigenvalue weighted by Gasteiger charge is -2.33. The van der Waals surface area contributed by atoms with Crippen molar-refractivity contribution in [3.8, 4) is 16.9 Å². The molecule has 1 saturated heterocycles. The van der Waals surface area contributed by atoms with Crippen LogP contribution in [0.25, 0.3) is 16.9 Å². The lowest BCUT2D eigenvalue weighted by molar-refractivity contribution is 0.0518. The summed E-state index contributed by atoms with van der Waals surface area (Å²) in [6, 6.07) is 17.7. The van der Waals surface area contributed by atoms with E-state index in [0.717, 1.165) is 42.8 Å². The fraction of sp³-hybridized carbons (Fsp3) is 0.370. The third-order valence-corrected chi connectivity index (χ3v) is 6.27. The van der Waals surface area contributed by atoms with Crippen LogP contribution in [0.15, 0.2) is 54.6 Å². The highest BCUT2D eigenvalue weighted by Gasteiger charge is 2.24. The molecule has 1 unspecified atom stereocenters. The van der Waals surface area contributed by atoms with Crippen LogP contribution in [0.4, 0.5) is 0 Å². The molecule has 0 spiro atoms. The van der Waals surface area contributed by atoms with Gasteiger partial charge in [0.15, 0.2) is 5.69 Å². The second kappa shape index (κ2) is 10.0. The number of amides is 1. The van der Waals surface area contributed by atoms with Gasteiger partial charge in [-0.1, -0.05) is 31.2 Å². The number of aryl methyl sites for hydroxylation is 1. The molecule has 6 nitrogen and oxygen atoms in total. The Morgan fingerprint density at radius 1 is 1.03 bits per heavy atom. The topological polar surface area (TPSA) is 64.4 Å². The summed E-state index contributed by atoms with van der Waals surface area (Å²) in [5, 5.41) is 4.54. The van der Waals surface area contributed by atoms with Crippen LogP contribution in [0.1, 0.15) is 66.4 Å². The standard InChI is InChI=1S/C27H31N3O3/c1-4-20-9-11-21(12-10-20)25-18-24(27(32)33-5-2)28-30(25)23-15-13-22(14-16-23)26(31)29-17-7-6-8-19(29)3/h9-16,18-19H,4-8,17H2,1-3H3. The Kier molecular flexibility index (Phi) is 6.92. The molecule has 6 heteroatoms. The Labute approximate surface area is 195 Å². The fourth-order valence-electron chi connectivity index (χ4n) is 4.31. The smallest absolute Gasteiger partial charge is 0.358 e. The van der Waals surface area contributed by atoms with E-state index in [9.17, 15) is 9.59 Å². The highest BCUT2D eigenvalue weighted by Crippen LogP contribution is 2.26. The Morgan fingerprint density at radius 3 is 2.39 bits per heavy atom. The number of hydrogen-bond donors (Lipinski definition) is 0. The number of carbonyl (C=O) groups excluding carboxylic acids is 2. The van der Waals surface area contributed by atoms with Crippen molar-refractivity contribution in [3.63, 3.8) is 0 Å². The Bertz CT molecular complexity index is 1120. The molecule has 0 bridgehead atoms. The minimum absolute atomic E-state index is 0.0665. The van der Waals surface area contributed by atoms with E-state index in [1.165, 1.54) is 12.0 Å². The molecule has 1 atom stereocenters. The maximum Gasteiger partial charge on any atom is 0.358 e. The quantitative estimate of drug-likeness (QED) is 0.484. The van der Waals surface area contributed by atoms with E-state index in [0.29, 0.717) is 5.56 Å². The SMILES string of the molecule is CCOC(=O)c1cc(-c2ccc(CC)cc2)n(-c2ccc(C(=O)N3CCCCC3C)cc2)n1. The van der Waals surface area contributed by atoms with Gasteiger partial charge in [0.25, 0.3) is 5.91 Å². The molecule has 0 saturated carbocycles. The summed E-state index contributed by atoms with van der Waals surface area (Å²) in [5.74, 6) is -0.384. The molecule has 1 aliphatic heterocycles. The van der Waals surface area contributed by atoms with Gasteiger partial charge in [-0.3, -0.25) is 4.79 Å². The summed E-state index contributed by atoms with van der Waals surface area (Å²) in [7, 11) is 0. The van der Waals surface area contributed by atoms with Crippen LogP contribution < -0.4 is 0 Å². The van der Waals surface area contributed by atoms with Gasteiger partial charge in [0.05, 0.1) is 18.0 Å². The third-order valence-electron chi connectivity index (χ3n) is 6.27. The van der Waals surface area contributed by atoms with Crippen molar-refractivity contribution in [3.05, 3.63) is 71.4 Å². The molecule has 4 rings (SSSR count). The predicted molar refractivity (Wildman–Crippen MR) is 129 cm³/mol. The number of aromatic nitrogens is 2. The van der Waals surface area contributed by atoms with Crippen LogP contribution in [0.2, 0.25) is 0 Å². The largest absolute Gasteiger partial charge is 0.461 e. The van der Waals surface area contributed by atoms with Gasteiger partial charge in [0.1, 0.15) is 0 Å². The van der Waals surface area contributed by atoms with Crippen molar-refractivity contribution in [1.29, 1.82) is 0 Å². The van der Waals surface area contributed by atoms with Crippen LogP contribution in [-0.4, -0.2) is 45.8 Å². The van der Waals surface area contributed by atoms with Gasteiger partial charge < -0.3 is 9.64 Å². The number of nitrogens with zero attached hydrogens (tertiary/aromatic N) is 3. The summed E-state index contributed by atoms with van der Waals surface area (Å²) < 4.78 is 6.91. The number of likely N-dealkylation sites (tertiary alicyclic amines) is 1. The van der Waals surface area contributed by atoms with E-state index >= 15 is 0 Å². The lowest BCUT2D eigenvalue weighted by Crippen LogP contribution is -2.42. The molecular formula is C27H31N3O3. The van der Waals surface area contributed by atoms with Gasteiger partial charge in [0.2, 0.25) is 0 Å². The average Bonchev–Trinajstić information content (AvgIpc) is 3.30. The molecule has 172 valence electrons. The first-order valence-electron chi connectivity index (χ1n) is 11.8. The molecule has 33 heavy (non-hydrogen) atoms. The van der Waals surface area contributed by atoms with E-state index in [1.54, 1.807) is 17.7 Å². The minimum atomic E-state index is -0.450. The highest BCUT2D eigenvalue weighted by atomic mass is 16.5. The predicted octanol–water partition coefficient (Wildman–Crippen LogP) is 5.29. The normalized spacial score (nSPS) is 16.0. The van der Waals surface area contributed by atoms with Crippen LogP contribution in [0.5, 0.6) is 0 Å². The maximum atomic E-state index is 13.0. The number of carbonyl (C=O) groups is 2. The summed E-state index contributed by atoms with van der Waals surface area (Å²) >= 11 is 0. The molecule has 1 amide bonds. The Balaban J connectivity index is 1.68. The minimum Gasteiger partial charge on any atom is -0.461 e. The van der Waals surface area contributed by atoms with Gasteiger partial charge in [-0.15, -0.1) is 0 Å². The molecule has 1 fully saturated rings. The first kappa shape index (κ1) is 22.8. The summed E-state index contributed by atoms with van der Waals surface area (Å²) in [6.45, 7) is 7.10. The zero-order valence-corrected chi connectivity index (χ0v) is 19.6. The van der Waals surface area contributed by atoms with Gasteiger partial charge >= 0.3 is 5.97 Å². The maximum absolute atomic E-state index is 13.0. The summed E-state index contributed by atoms with van der Waals surface area (Å²) in [4.78, 5) is 27.4. The van der Waals surface area contributed by atoms with Crippen LogP contribution in [0, 0.1) is 0 Å². The van der Waals surface area contributed by atoms with Gasteiger partial charge in [-0.25, -0.2) is 9.48 Å². The van der Waals surface area contributed by atoms with E-state index in [1.807, 2.05) is 41.3 Å². The number of benzene rings is 2. The molecule has 2 aromatic carbocycles. The monoisotopic (exact) mass is 445 g/mol. The Morgan fingerprint density at radius 2 is 1.76 bits per heavy atom. The van der Waals surface area contributed by atoms with Crippen LogP contribution >= 0.6 is 0 Å². The first-order valence-corrected chi connectivity index (χ1v) is 11.8. The molecular weight excluding hydrogens is 414 g/mol. The lowest BCUT2D eigenvalue weighted by atomic mass is 10.0. The Hall–Kier alpha value is -3.41. The molecule has 1 aliphatic rings. The zero-order chi connectivity index (χ0) is 23.4. The zero-order valence-electron chi connectivity index (χ0n) is 19.6. The number of esters is 1. The van der Waals surface area contributed by atoms with Crippen molar-refractivity contribution < 1.29 is 14.3 Å². The summed E-state index contributed by atoms with van der Waals surface area (Å²) in [5.41, 5.74) is 4.70. The molecule has 3 aromatic rings. The van der Waals surface area contributed by atoms with Crippen LogP contribution in [-0.2, 0) is 11.2 Å². The molecule has 0 N–H and O–H groups in total. The number of hydrogen-bond acceptors (Lipinski definition) is 4. The van der Waals surface area contributed by atoms with Crippen molar-refractivity contribution in [2.75, 3.05) is 13.2 Å². The van der Waals surface area contributed by atoms with E-state index in [4.69, 9.17) is 4.74 Å². The van der Waals surface area contributed by atoms with Crippen molar-refractivity contribution in [2.24, 2.45) is 0 Å². The molecule has 0 radical (unpaired) electrons. The first-order chi connectivity index (χ1) is 16.0. The van der Waals surface area contributed by atoms with E-state index in [-0.39, 0.29) is 24.2 Å². The van der Waals surface area contributed by atoms with Gasteiger partial charge in [-0.05, 0) is 75.4 Å². The third kappa shape index (κ3) is 4.85. The average molecular weight is 446 g/mol. The fourth-order valence-corrected chi connectivity index (χ4v) is 4.31. The van der Waals surface area contributed by atoms with Gasteiger partial charge in [0, 0.05) is 23.7 Å². The molecule has 1 aromatic heterocycles. The van der Waals surface area contributed by atoms with E-state index in [2.05, 4.69) is 31.1 Å². The second-order valence-electron chi connectivity index (χ2n) is 8.49. The van der Waals surface area contributed by atoms with Gasteiger partial charge in [-0.2, -0.15) is 5.10 Å². The highest BCUT2D eigenvalue weighted by molar-refractivity contribution is 5.94. The number of piperidine rings is 1. The summed E-state index contributed by atoms with van der Waals surface area (Å²) in [6.07, 6.45) is 4.24. The number of rotatable bonds is 6. The van der Waals surface area contributed by atoms with Crippen molar-refractivity contribution >= 4 is 11.9 Å². The second-order valence-corrected chi connectivity index (χ2v) is 8.49. The van der Waals surface area contributed by atoms with E-state index < -0.39 is 5.97 Å². The molecule has 0 aliphatic carbocycles. The molecule has 2 heterocycles. The van der Waals surface area contributed by atoms with Crippen molar-refractivity contribution in [2.45, 2.75) is 52.5 Å². The van der Waals surface area contributed by atoms with Crippen LogP contribution in [0.3, 0.4) is 0 Å². The number of ether oxygens (including phenoxy) is 1.